The number of rotatable bonds is 10. The molecule has 188 valence electrons. The Bertz CT molecular complexity index is 1090. The van der Waals surface area contributed by atoms with Crippen LogP contribution in [0.2, 0.25) is 0 Å². The van der Waals surface area contributed by atoms with Gasteiger partial charge in [-0.05, 0) is 38.6 Å². The molecule has 2 aromatic rings. The maximum atomic E-state index is 5.88. The molecule has 0 radical (unpaired) electrons. The van der Waals surface area contributed by atoms with Crippen molar-refractivity contribution >= 4 is 35.3 Å². The third kappa shape index (κ3) is 6.51. The number of nitrogens with two attached hydrogens (primary N) is 1. The van der Waals surface area contributed by atoms with Crippen LogP contribution in [0, 0.1) is 0 Å². The highest BCUT2D eigenvalue weighted by Crippen LogP contribution is 2.33. The molecule has 3 N–H and O–H groups in total. The molecule has 0 atom stereocenters. The zero-order chi connectivity index (χ0) is 25.2. The monoisotopic (exact) mass is 478 g/mol. The summed E-state index contributed by atoms with van der Waals surface area (Å²) in [6.07, 6.45) is 11.3. The Kier molecular flexibility index (Phi) is 9.48. The molecule has 1 saturated heterocycles. The van der Waals surface area contributed by atoms with Gasteiger partial charge in [0.1, 0.15) is 5.75 Å². The van der Waals surface area contributed by atoms with Gasteiger partial charge in [-0.2, -0.15) is 4.98 Å². The minimum Gasteiger partial charge on any atom is -0.495 e. The first-order valence-corrected chi connectivity index (χ1v) is 12.1. The van der Waals surface area contributed by atoms with Crippen LogP contribution in [0.25, 0.3) is 11.8 Å². The number of nitrogens with one attached hydrogen (secondary N) is 1. The Labute approximate surface area is 208 Å². The summed E-state index contributed by atoms with van der Waals surface area (Å²) in [7, 11) is 5.57. The van der Waals surface area contributed by atoms with Crippen molar-refractivity contribution in [1.82, 2.24) is 19.7 Å². The topological polar surface area (TPSA) is 96.8 Å². The van der Waals surface area contributed by atoms with E-state index < -0.39 is 0 Å². The summed E-state index contributed by atoms with van der Waals surface area (Å²) in [6, 6.07) is 6.12. The fourth-order valence-corrected chi connectivity index (χ4v) is 3.96. The SMILES string of the molecule is C/C=C(/C(C=NC)=C/N)n1nc(Nc2ccc(N3CCN(C)CC3)c(OC)c2)nc1/C=C/CCC. The van der Waals surface area contributed by atoms with E-state index in [0.29, 0.717) is 11.8 Å². The van der Waals surface area contributed by atoms with Gasteiger partial charge in [0.15, 0.2) is 5.82 Å². The summed E-state index contributed by atoms with van der Waals surface area (Å²) in [4.78, 5) is 13.6. The average molecular weight is 479 g/mol. The highest BCUT2D eigenvalue weighted by Gasteiger charge is 2.19. The molecule has 1 aromatic carbocycles. The molecule has 0 saturated carbocycles. The summed E-state index contributed by atoms with van der Waals surface area (Å²) in [5.74, 6) is 2.02. The van der Waals surface area contributed by atoms with Gasteiger partial charge in [-0.15, -0.1) is 5.10 Å². The van der Waals surface area contributed by atoms with Gasteiger partial charge >= 0.3 is 0 Å². The number of likely N-dealkylation sites (N-methyl/N-ethyl adjacent to an activating group) is 1. The molecule has 1 aromatic heterocycles. The third-order valence-corrected chi connectivity index (χ3v) is 5.88. The number of aliphatic imine (C=N–C) groups is 1. The number of methoxy groups -OCH3 is 1. The van der Waals surface area contributed by atoms with Crippen LogP contribution in [0.5, 0.6) is 5.75 Å². The fraction of sp³-hybridized carbons (Fsp3) is 0.423. The maximum absolute atomic E-state index is 5.88. The quantitative estimate of drug-likeness (QED) is 0.393. The van der Waals surface area contributed by atoms with Crippen molar-refractivity contribution < 1.29 is 4.74 Å². The van der Waals surface area contributed by atoms with Crippen molar-refractivity contribution in [2.75, 3.05) is 57.6 Å². The molecule has 0 spiro atoms. The summed E-state index contributed by atoms with van der Waals surface area (Å²) in [5, 5.41) is 8.08. The van der Waals surface area contributed by atoms with Crippen LogP contribution in [-0.4, -0.2) is 73.3 Å². The van der Waals surface area contributed by atoms with Crippen LogP contribution in [0.1, 0.15) is 32.5 Å². The minimum atomic E-state index is 0.486. The molecule has 9 nitrogen and oxygen atoms in total. The molecule has 0 unspecified atom stereocenters. The van der Waals surface area contributed by atoms with Gasteiger partial charge < -0.3 is 25.6 Å². The van der Waals surface area contributed by atoms with Gasteiger partial charge in [0.25, 0.3) is 0 Å². The first kappa shape index (κ1) is 26.0. The van der Waals surface area contributed by atoms with Crippen molar-refractivity contribution in [1.29, 1.82) is 0 Å². The predicted octanol–water partition coefficient (Wildman–Crippen LogP) is 4.00. The lowest BCUT2D eigenvalue weighted by Gasteiger charge is -2.34. The second-order valence-electron chi connectivity index (χ2n) is 8.38. The summed E-state index contributed by atoms with van der Waals surface area (Å²) in [6.45, 7) is 8.11. The van der Waals surface area contributed by atoms with Gasteiger partial charge in [0.05, 0.1) is 18.5 Å². The van der Waals surface area contributed by atoms with E-state index in [0.717, 1.165) is 67.4 Å². The normalized spacial score (nSPS) is 16.0. The Hall–Kier alpha value is -3.59. The first-order valence-electron chi connectivity index (χ1n) is 12.1. The van der Waals surface area contributed by atoms with Gasteiger partial charge in [-0.3, -0.25) is 4.99 Å². The summed E-state index contributed by atoms with van der Waals surface area (Å²) in [5.41, 5.74) is 9.39. The summed E-state index contributed by atoms with van der Waals surface area (Å²) < 4.78 is 7.51. The lowest BCUT2D eigenvalue weighted by molar-refractivity contribution is 0.311. The van der Waals surface area contributed by atoms with Gasteiger partial charge in [0, 0.05) is 63.0 Å². The molecular weight excluding hydrogens is 440 g/mol. The average Bonchev–Trinajstić information content (AvgIpc) is 3.26. The van der Waals surface area contributed by atoms with Crippen LogP contribution in [0.4, 0.5) is 17.3 Å². The number of hydrogen-bond acceptors (Lipinski definition) is 8. The highest BCUT2D eigenvalue weighted by molar-refractivity contribution is 5.95. The number of allylic oxidation sites excluding steroid dienone is 4. The predicted molar refractivity (Wildman–Crippen MR) is 147 cm³/mol. The third-order valence-electron chi connectivity index (χ3n) is 5.88. The van der Waals surface area contributed by atoms with Crippen LogP contribution < -0.4 is 20.7 Å². The van der Waals surface area contributed by atoms with Crippen molar-refractivity contribution in [3.63, 3.8) is 0 Å². The van der Waals surface area contributed by atoms with E-state index in [-0.39, 0.29) is 0 Å². The number of ether oxygens (including phenoxy) is 1. The van der Waals surface area contributed by atoms with Gasteiger partial charge in [-0.25, -0.2) is 4.68 Å². The van der Waals surface area contributed by atoms with E-state index in [2.05, 4.69) is 46.2 Å². The Morgan fingerprint density at radius 1 is 1.26 bits per heavy atom. The van der Waals surface area contributed by atoms with Crippen molar-refractivity contribution in [3.8, 4) is 5.75 Å². The largest absolute Gasteiger partial charge is 0.495 e. The number of piperazine rings is 1. The highest BCUT2D eigenvalue weighted by atomic mass is 16.5. The number of anilines is 3. The number of aromatic nitrogens is 3. The molecule has 0 amide bonds. The standard InChI is InChI=1S/C26H38N8O/c1-6-8-9-10-25-30-26(31-34(25)22(7-2)20(18-27)19-28-3)29-21-11-12-23(24(17-21)35-5)33-15-13-32(4)14-16-33/h7,9-12,17-19H,6,8,13-16,27H2,1-5H3,(H,29,31)/b10-9+,20-18+,22-7-,28-19?. The number of hydrogen-bond donors (Lipinski definition) is 2. The Morgan fingerprint density at radius 3 is 2.66 bits per heavy atom. The molecule has 0 bridgehead atoms. The van der Waals surface area contributed by atoms with Crippen LogP contribution in [0.15, 0.2) is 47.1 Å². The minimum absolute atomic E-state index is 0.486. The number of benzene rings is 1. The maximum Gasteiger partial charge on any atom is 0.247 e. The molecule has 2 heterocycles. The van der Waals surface area contributed by atoms with Crippen LogP contribution >= 0.6 is 0 Å². The van der Waals surface area contributed by atoms with Crippen molar-refractivity contribution in [3.05, 3.63) is 47.9 Å². The van der Waals surface area contributed by atoms with E-state index in [4.69, 9.17) is 20.6 Å². The zero-order valence-electron chi connectivity index (χ0n) is 21.5. The fourth-order valence-electron chi connectivity index (χ4n) is 3.96. The molecule has 1 fully saturated rings. The van der Waals surface area contributed by atoms with Gasteiger partial charge in [-0.1, -0.05) is 25.5 Å². The van der Waals surface area contributed by atoms with Crippen molar-refractivity contribution in [2.24, 2.45) is 10.7 Å². The van der Waals surface area contributed by atoms with E-state index in [9.17, 15) is 0 Å². The molecule has 35 heavy (non-hydrogen) atoms. The van der Waals surface area contributed by atoms with Gasteiger partial charge in [0.2, 0.25) is 5.95 Å². The molecule has 0 aliphatic carbocycles. The Balaban J connectivity index is 1.91. The number of nitrogens with zero attached hydrogens (tertiary/aromatic N) is 6. The second kappa shape index (κ2) is 12.8. The lowest BCUT2D eigenvalue weighted by atomic mass is 10.2. The first-order chi connectivity index (χ1) is 17.0. The molecule has 9 heteroatoms. The number of unbranched alkanes of at least 4 members (excludes halogenated alkanes) is 1. The zero-order valence-corrected chi connectivity index (χ0v) is 21.5. The van der Waals surface area contributed by atoms with E-state index in [1.807, 2.05) is 31.2 Å². The molecule has 1 aliphatic rings. The van der Waals surface area contributed by atoms with E-state index >= 15 is 0 Å². The molecular formula is C26H38N8O. The lowest BCUT2D eigenvalue weighted by Crippen LogP contribution is -2.44. The van der Waals surface area contributed by atoms with Crippen LogP contribution in [0.3, 0.4) is 0 Å². The van der Waals surface area contributed by atoms with E-state index in [1.165, 1.54) is 6.20 Å². The van der Waals surface area contributed by atoms with Crippen molar-refractivity contribution in [2.45, 2.75) is 26.7 Å². The molecule has 3 rings (SSSR count). The smallest absolute Gasteiger partial charge is 0.247 e. The second-order valence-corrected chi connectivity index (χ2v) is 8.38. The summed E-state index contributed by atoms with van der Waals surface area (Å²) >= 11 is 0. The molecule has 1 aliphatic heterocycles. The van der Waals surface area contributed by atoms with E-state index in [1.54, 1.807) is 25.1 Å². The Morgan fingerprint density at radius 2 is 2.03 bits per heavy atom. The van der Waals surface area contributed by atoms with Crippen LogP contribution in [-0.2, 0) is 0 Å².